The molecule has 32 heavy (non-hydrogen) atoms. The third-order valence-corrected chi connectivity index (χ3v) is 5.34. The quantitative estimate of drug-likeness (QED) is 0.411. The maximum absolute atomic E-state index is 12.9. The Morgan fingerprint density at radius 2 is 1.94 bits per heavy atom. The highest BCUT2D eigenvalue weighted by Crippen LogP contribution is 2.25. The number of carbonyl (C=O) groups excluding carboxylic acids is 1. The van der Waals surface area contributed by atoms with Gasteiger partial charge in [-0.1, -0.05) is 41.0 Å². The molecule has 0 saturated heterocycles. The third-order valence-electron chi connectivity index (χ3n) is 5.03. The minimum absolute atomic E-state index is 0.111. The molecular formula is C24H23ClN4O3. The number of benzene rings is 2. The van der Waals surface area contributed by atoms with Gasteiger partial charge in [-0.3, -0.25) is 9.48 Å². The van der Waals surface area contributed by atoms with E-state index in [0.29, 0.717) is 34.3 Å². The summed E-state index contributed by atoms with van der Waals surface area (Å²) in [4.78, 5) is 12.9. The Morgan fingerprint density at radius 1 is 1.12 bits per heavy atom. The first-order chi connectivity index (χ1) is 15.4. The molecule has 0 saturated carbocycles. The zero-order chi connectivity index (χ0) is 22.7. The number of ether oxygens (including phenoxy) is 1. The first-order valence-corrected chi connectivity index (χ1v) is 10.5. The highest BCUT2D eigenvalue weighted by Gasteiger charge is 2.21. The molecule has 1 amide bonds. The van der Waals surface area contributed by atoms with Gasteiger partial charge in [0, 0.05) is 11.4 Å². The van der Waals surface area contributed by atoms with Crippen LogP contribution >= 0.6 is 11.6 Å². The van der Waals surface area contributed by atoms with E-state index >= 15 is 0 Å². The predicted octanol–water partition coefficient (Wildman–Crippen LogP) is 5.33. The number of rotatable bonds is 7. The summed E-state index contributed by atoms with van der Waals surface area (Å²) in [6.45, 7) is 6.45. The Balaban J connectivity index is 1.47. The molecule has 0 aliphatic rings. The van der Waals surface area contributed by atoms with Crippen molar-refractivity contribution in [3.8, 4) is 5.75 Å². The van der Waals surface area contributed by atoms with Gasteiger partial charge in [0.1, 0.15) is 18.1 Å². The van der Waals surface area contributed by atoms with Gasteiger partial charge in [0.05, 0.1) is 22.8 Å². The molecule has 2 aromatic heterocycles. The fourth-order valence-electron chi connectivity index (χ4n) is 3.40. The Labute approximate surface area is 190 Å². The van der Waals surface area contributed by atoms with Crippen LogP contribution in [-0.4, -0.2) is 20.8 Å². The van der Waals surface area contributed by atoms with Crippen molar-refractivity contribution in [2.75, 3.05) is 5.32 Å². The molecule has 0 bridgehead atoms. The highest BCUT2D eigenvalue weighted by molar-refractivity contribution is 6.32. The van der Waals surface area contributed by atoms with Gasteiger partial charge in [0.2, 0.25) is 0 Å². The van der Waals surface area contributed by atoms with Crippen molar-refractivity contribution in [1.82, 2.24) is 14.9 Å². The molecular weight excluding hydrogens is 428 g/mol. The maximum Gasteiger partial charge on any atom is 0.278 e. The summed E-state index contributed by atoms with van der Waals surface area (Å²) < 4.78 is 13.0. The number of aryl methyl sites for hydroxylation is 3. The normalized spacial score (nSPS) is 10.9. The van der Waals surface area contributed by atoms with Crippen LogP contribution in [0.2, 0.25) is 5.02 Å². The monoisotopic (exact) mass is 450 g/mol. The van der Waals surface area contributed by atoms with Crippen molar-refractivity contribution in [3.63, 3.8) is 0 Å². The van der Waals surface area contributed by atoms with E-state index in [2.05, 4.69) is 15.6 Å². The Kier molecular flexibility index (Phi) is 6.28. The van der Waals surface area contributed by atoms with Crippen LogP contribution in [-0.2, 0) is 13.2 Å². The largest absolute Gasteiger partial charge is 0.487 e. The van der Waals surface area contributed by atoms with Gasteiger partial charge in [-0.25, -0.2) is 0 Å². The summed E-state index contributed by atoms with van der Waals surface area (Å²) in [5, 5.41) is 11.8. The molecule has 4 aromatic rings. The molecule has 0 radical (unpaired) electrons. The lowest BCUT2D eigenvalue weighted by Crippen LogP contribution is -2.15. The number of para-hydroxylation sites is 1. The fourth-order valence-corrected chi connectivity index (χ4v) is 3.59. The second-order valence-electron chi connectivity index (χ2n) is 7.52. The maximum atomic E-state index is 12.9. The van der Waals surface area contributed by atoms with Gasteiger partial charge in [-0.15, -0.1) is 0 Å². The molecule has 164 valence electrons. The molecule has 0 fully saturated rings. The topological polar surface area (TPSA) is 82.2 Å². The van der Waals surface area contributed by atoms with Crippen LogP contribution in [0.25, 0.3) is 0 Å². The Bertz CT molecular complexity index is 1260. The Hall–Kier alpha value is -3.58. The summed E-state index contributed by atoms with van der Waals surface area (Å²) in [7, 11) is 0. The average molecular weight is 451 g/mol. The van der Waals surface area contributed by atoms with Gasteiger partial charge < -0.3 is 14.6 Å². The summed E-state index contributed by atoms with van der Waals surface area (Å²) in [6.07, 6.45) is 0. The van der Waals surface area contributed by atoms with Crippen molar-refractivity contribution in [2.24, 2.45) is 0 Å². The number of aromatic nitrogens is 3. The van der Waals surface area contributed by atoms with Gasteiger partial charge >= 0.3 is 0 Å². The smallest absolute Gasteiger partial charge is 0.278 e. The summed E-state index contributed by atoms with van der Waals surface area (Å²) in [5.74, 6) is 0.668. The van der Waals surface area contributed by atoms with Crippen molar-refractivity contribution in [2.45, 2.75) is 33.9 Å². The molecule has 0 aliphatic carbocycles. The molecule has 7 nitrogen and oxygen atoms in total. The van der Waals surface area contributed by atoms with Crippen LogP contribution in [0.3, 0.4) is 0 Å². The molecule has 8 heteroatoms. The SMILES string of the molecule is Cc1cc(C)n(Cc2cccc(NC(=O)c3noc(C)c3COc3ccccc3Cl)c2)n1. The third kappa shape index (κ3) is 4.84. The highest BCUT2D eigenvalue weighted by atomic mass is 35.5. The number of anilines is 1. The number of hydrogen-bond donors (Lipinski definition) is 1. The Morgan fingerprint density at radius 3 is 2.69 bits per heavy atom. The van der Waals surface area contributed by atoms with Crippen molar-refractivity contribution >= 4 is 23.2 Å². The standard InChI is InChI=1S/C24H23ClN4O3/c1-15-11-16(2)29(27-15)13-18-7-6-8-19(12-18)26-24(30)23-20(17(3)32-28-23)14-31-22-10-5-4-9-21(22)25/h4-12H,13-14H2,1-3H3,(H,26,30). The van der Waals surface area contributed by atoms with E-state index in [9.17, 15) is 4.79 Å². The van der Waals surface area contributed by atoms with E-state index in [-0.39, 0.29) is 18.2 Å². The summed E-state index contributed by atoms with van der Waals surface area (Å²) in [6, 6.07) is 16.8. The number of amides is 1. The minimum atomic E-state index is -0.372. The molecule has 0 spiro atoms. The van der Waals surface area contributed by atoms with Crippen molar-refractivity contribution in [1.29, 1.82) is 0 Å². The molecule has 0 atom stereocenters. The van der Waals surface area contributed by atoms with Crippen molar-refractivity contribution in [3.05, 3.63) is 93.6 Å². The van der Waals surface area contributed by atoms with E-state index in [0.717, 1.165) is 17.0 Å². The van der Waals surface area contributed by atoms with Gasteiger partial charge in [0.15, 0.2) is 5.69 Å². The molecule has 2 heterocycles. The van der Waals surface area contributed by atoms with Gasteiger partial charge in [0.25, 0.3) is 5.91 Å². The second kappa shape index (κ2) is 9.28. The summed E-state index contributed by atoms with van der Waals surface area (Å²) >= 11 is 6.15. The van der Waals surface area contributed by atoms with Crippen LogP contribution < -0.4 is 10.1 Å². The average Bonchev–Trinajstić information content (AvgIpc) is 3.28. The lowest BCUT2D eigenvalue weighted by Gasteiger charge is -2.10. The predicted molar refractivity (Wildman–Crippen MR) is 122 cm³/mol. The zero-order valence-electron chi connectivity index (χ0n) is 18.1. The number of hydrogen-bond acceptors (Lipinski definition) is 5. The number of carbonyl (C=O) groups is 1. The van der Waals surface area contributed by atoms with Gasteiger partial charge in [-0.2, -0.15) is 5.10 Å². The van der Waals surface area contributed by atoms with Crippen LogP contribution in [0.15, 0.2) is 59.1 Å². The minimum Gasteiger partial charge on any atom is -0.487 e. The fraction of sp³-hybridized carbons (Fsp3) is 0.208. The van der Waals surface area contributed by atoms with E-state index in [1.807, 2.05) is 61.0 Å². The van der Waals surface area contributed by atoms with Crippen molar-refractivity contribution < 1.29 is 14.1 Å². The van der Waals surface area contributed by atoms with E-state index < -0.39 is 0 Å². The lowest BCUT2D eigenvalue weighted by atomic mass is 10.1. The van der Waals surface area contributed by atoms with E-state index in [4.69, 9.17) is 20.9 Å². The number of nitrogens with one attached hydrogen (secondary N) is 1. The van der Waals surface area contributed by atoms with Crippen LogP contribution in [0, 0.1) is 20.8 Å². The van der Waals surface area contributed by atoms with E-state index in [1.54, 1.807) is 19.1 Å². The second-order valence-corrected chi connectivity index (χ2v) is 7.93. The first-order valence-electron chi connectivity index (χ1n) is 10.1. The van der Waals surface area contributed by atoms with Crippen LogP contribution in [0.5, 0.6) is 5.75 Å². The molecule has 0 aliphatic heterocycles. The molecule has 0 unspecified atom stereocenters. The molecule has 2 aromatic carbocycles. The molecule has 1 N–H and O–H groups in total. The van der Waals surface area contributed by atoms with E-state index in [1.165, 1.54) is 0 Å². The molecule has 4 rings (SSSR count). The van der Waals surface area contributed by atoms with Crippen LogP contribution in [0.4, 0.5) is 5.69 Å². The number of halogens is 1. The lowest BCUT2D eigenvalue weighted by molar-refractivity contribution is 0.101. The number of nitrogens with zero attached hydrogens (tertiary/aromatic N) is 3. The zero-order valence-corrected chi connectivity index (χ0v) is 18.8. The summed E-state index contributed by atoms with van der Waals surface area (Å²) in [5.41, 5.74) is 4.48. The van der Waals surface area contributed by atoms with Gasteiger partial charge in [-0.05, 0) is 56.7 Å². The first kappa shape index (κ1) is 21.6. The van der Waals surface area contributed by atoms with Crippen LogP contribution in [0.1, 0.15) is 38.8 Å².